The average Bonchev–Trinajstić information content (AvgIpc) is 3.48. The number of aryl methyl sites for hydroxylation is 1. The van der Waals surface area contributed by atoms with Crippen molar-refractivity contribution in [1.82, 2.24) is 29.7 Å². The molecule has 0 radical (unpaired) electrons. The second kappa shape index (κ2) is 10.1. The molecule has 0 aliphatic heterocycles. The molecule has 0 N–H and O–H groups in total. The number of aromatic nitrogens is 6. The maximum absolute atomic E-state index is 13.7. The van der Waals surface area contributed by atoms with Crippen molar-refractivity contribution < 1.29 is 17.9 Å². The van der Waals surface area contributed by atoms with Crippen LogP contribution in [0.2, 0.25) is 0 Å². The SMILES string of the molecule is COCC1(n2c(CS(=O)(=O)[C@@H](C)[C@@H](OC(C)C)c3ncc(C)cn3)nnc2-c2cccnc2)CC1. The third kappa shape index (κ3) is 5.41. The first-order chi connectivity index (χ1) is 16.7. The van der Waals surface area contributed by atoms with Gasteiger partial charge < -0.3 is 14.0 Å². The lowest BCUT2D eigenvalue weighted by molar-refractivity contribution is 0.00140. The van der Waals surface area contributed by atoms with Crippen LogP contribution in [0.5, 0.6) is 0 Å². The van der Waals surface area contributed by atoms with Crippen LogP contribution in [-0.2, 0) is 30.6 Å². The Kier molecular flexibility index (Phi) is 7.30. The van der Waals surface area contributed by atoms with Crippen molar-refractivity contribution in [1.29, 1.82) is 0 Å². The average molecular weight is 501 g/mol. The van der Waals surface area contributed by atoms with Gasteiger partial charge in [-0.1, -0.05) is 0 Å². The topological polar surface area (TPSA) is 122 Å². The van der Waals surface area contributed by atoms with Gasteiger partial charge >= 0.3 is 0 Å². The summed E-state index contributed by atoms with van der Waals surface area (Å²) in [6.07, 6.45) is 7.39. The van der Waals surface area contributed by atoms with E-state index in [1.54, 1.807) is 38.8 Å². The highest BCUT2D eigenvalue weighted by molar-refractivity contribution is 7.91. The minimum Gasteiger partial charge on any atom is -0.382 e. The van der Waals surface area contributed by atoms with Gasteiger partial charge in [0.2, 0.25) is 0 Å². The number of nitrogens with zero attached hydrogens (tertiary/aromatic N) is 6. The maximum atomic E-state index is 13.7. The van der Waals surface area contributed by atoms with E-state index < -0.39 is 21.2 Å². The molecular weight excluding hydrogens is 468 g/mol. The molecule has 3 heterocycles. The lowest BCUT2D eigenvalue weighted by Crippen LogP contribution is -2.33. The van der Waals surface area contributed by atoms with E-state index in [-0.39, 0.29) is 17.4 Å². The van der Waals surface area contributed by atoms with Crippen molar-refractivity contribution >= 4 is 9.84 Å². The zero-order chi connectivity index (χ0) is 25.2. The fraction of sp³-hybridized carbons (Fsp3) is 0.542. The van der Waals surface area contributed by atoms with Gasteiger partial charge in [0.05, 0.1) is 23.5 Å². The quantitative estimate of drug-likeness (QED) is 0.391. The molecule has 10 nitrogen and oxygen atoms in total. The van der Waals surface area contributed by atoms with E-state index in [1.165, 1.54) is 0 Å². The van der Waals surface area contributed by atoms with Gasteiger partial charge in [-0.05, 0) is 58.2 Å². The molecule has 3 aromatic heterocycles. The second-order valence-corrected chi connectivity index (χ2v) is 11.8. The monoisotopic (exact) mass is 500 g/mol. The fourth-order valence-electron chi connectivity index (χ4n) is 4.16. The minimum absolute atomic E-state index is 0.208. The number of sulfone groups is 1. The number of rotatable bonds is 11. The molecule has 0 unspecified atom stereocenters. The first kappa shape index (κ1) is 25.3. The molecule has 188 valence electrons. The Balaban J connectivity index is 1.70. The number of hydrogen-bond acceptors (Lipinski definition) is 9. The summed E-state index contributed by atoms with van der Waals surface area (Å²) < 4.78 is 40.8. The normalized spacial score (nSPS) is 16.9. The predicted molar refractivity (Wildman–Crippen MR) is 130 cm³/mol. The third-order valence-corrected chi connectivity index (χ3v) is 8.20. The Labute approximate surface area is 206 Å². The van der Waals surface area contributed by atoms with E-state index in [9.17, 15) is 8.42 Å². The van der Waals surface area contributed by atoms with Crippen molar-refractivity contribution in [2.45, 2.75) is 69.3 Å². The molecule has 3 aromatic rings. The molecule has 0 aromatic carbocycles. The summed E-state index contributed by atoms with van der Waals surface area (Å²) in [7, 11) is -2.10. The molecule has 1 fully saturated rings. The summed E-state index contributed by atoms with van der Waals surface area (Å²) in [6.45, 7) is 7.67. The molecule has 11 heteroatoms. The van der Waals surface area contributed by atoms with E-state index in [0.29, 0.717) is 24.1 Å². The molecule has 0 amide bonds. The van der Waals surface area contributed by atoms with E-state index in [1.807, 2.05) is 37.5 Å². The highest BCUT2D eigenvalue weighted by atomic mass is 32.2. The summed E-state index contributed by atoms with van der Waals surface area (Å²) in [6, 6.07) is 3.71. The first-order valence-electron chi connectivity index (χ1n) is 11.7. The van der Waals surface area contributed by atoms with Crippen LogP contribution >= 0.6 is 0 Å². The Hall–Kier alpha value is -2.76. The zero-order valence-electron chi connectivity index (χ0n) is 20.7. The van der Waals surface area contributed by atoms with Gasteiger partial charge in [-0.2, -0.15) is 0 Å². The molecule has 0 spiro atoms. The number of hydrogen-bond donors (Lipinski definition) is 0. The summed E-state index contributed by atoms with van der Waals surface area (Å²) in [5.41, 5.74) is 1.29. The van der Waals surface area contributed by atoms with Crippen LogP contribution in [0.1, 0.15) is 56.9 Å². The lowest BCUT2D eigenvalue weighted by atomic mass is 10.2. The van der Waals surface area contributed by atoms with Crippen LogP contribution in [0, 0.1) is 6.92 Å². The van der Waals surface area contributed by atoms with Gasteiger partial charge in [-0.25, -0.2) is 18.4 Å². The van der Waals surface area contributed by atoms with Gasteiger partial charge in [0.1, 0.15) is 17.7 Å². The summed E-state index contributed by atoms with van der Waals surface area (Å²) in [5, 5.41) is 7.80. The van der Waals surface area contributed by atoms with Crippen LogP contribution in [0.4, 0.5) is 0 Å². The molecule has 0 bridgehead atoms. The van der Waals surface area contributed by atoms with Crippen LogP contribution in [0.25, 0.3) is 11.4 Å². The molecule has 1 aliphatic carbocycles. The van der Waals surface area contributed by atoms with Gasteiger partial charge in [0.15, 0.2) is 21.5 Å². The van der Waals surface area contributed by atoms with Gasteiger partial charge in [-0.15, -0.1) is 10.2 Å². The van der Waals surface area contributed by atoms with Crippen LogP contribution in [0.3, 0.4) is 0 Å². The van der Waals surface area contributed by atoms with Crippen LogP contribution < -0.4 is 0 Å². The molecular formula is C24H32N6O4S. The minimum atomic E-state index is -3.74. The second-order valence-electron chi connectivity index (χ2n) is 9.41. The molecule has 4 rings (SSSR count). The van der Waals surface area contributed by atoms with Crippen molar-refractivity contribution in [2.24, 2.45) is 0 Å². The number of methoxy groups -OCH3 is 1. The Morgan fingerprint density at radius 1 is 1.11 bits per heavy atom. The molecule has 0 saturated heterocycles. The van der Waals surface area contributed by atoms with Gasteiger partial charge in [-0.3, -0.25) is 4.98 Å². The smallest absolute Gasteiger partial charge is 0.166 e. The number of pyridine rings is 1. The highest BCUT2D eigenvalue weighted by Gasteiger charge is 2.48. The van der Waals surface area contributed by atoms with E-state index in [4.69, 9.17) is 9.47 Å². The van der Waals surface area contributed by atoms with E-state index >= 15 is 0 Å². The van der Waals surface area contributed by atoms with E-state index in [0.717, 1.165) is 24.0 Å². The molecule has 2 atom stereocenters. The summed E-state index contributed by atoms with van der Waals surface area (Å²) in [4.78, 5) is 12.9. The van der Waals surface area contributed by atoms with Crippen molar-refractivity contribution in [3.63, 3.8) is 0 Å². The zero-order valence-corrected chi connectivity index (χ0v) is 21.6. The molecule has 35 heavy (non-hydrogen) atoms. The van der Waals surface area contributed by atoms with Crippen LogP contribution in [-0.4, -0.2) is 63.2 Å². The van der Waals surface area contributed by atoms with Crippen molar-refractivity contribution in [2.75, 3.05) is 13.7 Å². The lowest BCUT2D eigenvalue weighted by Gasteiger charge is -2.26. The Morgan fingerprint density at radius 3 is 2.40 bits per heavy atom. The first-order valence-corrected chi connectivity index (χ1v) is 13.4. The molecule has 1 saturated carbocycles. The summed E-state index contributed by atoms with van der Waals surface area (Å²) in [5.74, 6) is 1.01. The largest absolute Gasteiger partial charge is 0.382 e. The Morgan fingerprint density at radius 2 is 1.83 bits per heavy atom. The highest BCUT2D eigenvalue weighted by Crippen LogP contribution is 2.47. The van der Waals surface area contributed by atoms with Crippen molar-refractivity contribution in [3.8, 4) is 11.4 Å². The standard InChI is InChI=1S/C24H32N6O4S/c1-16(2)34-21(22-26-11-17(3)12-27-22)18(4)35(31,32)14-20-28-29-23(19-7-6-10-25-13-19)30(20)24(8-9-24)15-33-5/h6-7,10-13,16,18,21H,8-9,14-15H2,1-5H3/t18-,21+/m0/s1. The predicted octanol–water partition coefficient (Wildman–Crippen LogP) is 3.04. The fourth-order valence-corrected chi connectivity index (χ4v) is 5.53. The molecule has 1 aliphatic rings. The summed E-state index contributed by atoms with van der Waals surface area (Å²) >= 11 is 0. The van der Waals surface area contributed by atoms with Crippen LogP contribution in [0.15, 0.2) is 36.9 Å². The van der Waals surface area contributed by atoms with Gasteiger partial charge in [0, 0.05) is 37.5 Å². The van der Waals surface area contributed by atoms with Gasteiger partial charge in [0.25, 0.3) is 0 Å². The Bertz CT molecular complexity index is 1240. The third-order valence-electron chi connectivity index (χ3n) is 6.16. The maximum Gasteiger partial charge on any atom is 0.166 e. The van der Waals surface area contributed by atoms with E-state index in [2.05, 4.69) is 25.1 Å². The van der Waals surface area contributed by atoms with Crippen molar-refractivity contribution in [3.05, 3.63) is 54.1 Å². The number of ether oxygens (including phenoxy) is 2.